The first-order valence-corrected chi connectivity index (χ1v) is 10.3. The molecular formula is C19H26N2O4S2. The van der Waals surface area contributed by atoms with Gasteiger partial charge in [-0.1, -0.05) is 43.0 Å². The first-order valence-electron chi connectivity index (χ1n) is 8.95. The summed E-state index contributed by atoms with van der Waals surface area (Å²) in [4.78, 5) is 26.4. The van der Waals surface area contributed by atoms with E-state index in [-0.39, 0.29) is 5.75 Å². The van der Waals surface area contributed by atoms with Crippen molar-refractivity contribution in [2.75, 3.05) is 31.3 Å². The summed E-state index contributed by atoms with van der Waals surface area (Å²) in [7, 11) is 1.53. The van der Waals surface area contributed by atoms with Crippen LogP contribution in [-0.4, -0.2) is 53.2 Å². The van der Waals surface area contributed by atoms with Crippen LogP contribution in [0.2, 0.25) is 0 Å². The highest BCUT2D eigenvalue weighted by molar-refractivity contribution is 8.23. The van der Waals surface area contributed by atoms with Gasteiger partial charge in [0.05, 0.1) is 18.6 Å². The third-order valence-electron chi connectivity index (χ3n) is 4.40. The number of carbonyl (C=O) groups is 2. The molecule has 0 spiro atoms. The SMILES string of the molecule is COc1ccccc1NC(=O)[C@@H](C)OC(=O)CSC(=S)N1CCC(C)CC1. The molecule has 0 bridgehead atoms. The van der Waals surface area contributed by atoms with Crippen molar-refractivity contribution in [1.82, 2.24) is 4.90 Å². The zero-order chi connectivity index (χ0) is 19.8. The van der Waals surface area contributed by atoms with Crippen LogP contribution in [0.4, 0.5) is 5.69 Å². The third kappa shape index (κ3) is 6.70. The number of piperidine rings is 1. The number of hydrogen-bond acceptors (Lipinski definition) is 6. The molecule has 1 aromatic rings. The van der Waals surface area contributed by atoms with Crippen LogP contribution in [0.3, 0.4) is 0 Å². The van der Waals surface area contributed by atoms with Crippen LogP contribution in [-0.2, 0) is 14.3 Å². The molecule has 0 aliphatic carbocycles. The van der Waals surface area contributed by atoms with Gasteiger partial charge in [0.1, 0.15) is 10.1 Å². The first kappa shape index (κ1) is 21.5. The largest absolute Gasteiger partial charge is 0.495 e. The molecule has 0 aromatic heterocycles. The molecule has 1 amide bonds. The molecule has 148 valence electrons. The van der Waals surface area contributed by atoms with Crippen molar-refractivity contribution in [2.24, 2.45) is 5.92 Å². The monoisotopic (exact) mass is 410 g/mol. The van der Waals surface area contributed by atoms with Crippen molar-refractivity contribution in [3.05, 3.63) is 24.3 Å². The molecule has 1 heterocycles. The van der Waals surface area contributed by atoms with E-state index < -0.39 is 18.0 Å². The highest BCUT2D eigenvalue weighted by Crippen LogP contribution is 2.23. The first-order chi connectivity index (χ1) is 12.9. The van der Waals surface area contributed by atoms with Crippen molar-refractivity contribution in [3.8, 4) is 5.75 Å². The van der Waals surface area contributed by atoms with E-state index in [4.69, 9.17) is 21.7 Å². The molecule has 1 aromatic carbocycles. The van der Waals surface area contributed by atoms with Gasteiger partial charge in [-0.15, -0.1) is 0 Å². The van der Waals surface area contributed by atoms with E-state index >= 15 is 0 Å². The number of amides is 1. The lowest BCUT2D eigenvalue weighted by molar-refractivity contribution is -0.150. The fraction of sp³-hybridized carbons (Fsp3) is 0.526. The maximum absolute atomic E-state index is 12.2. The van der Waals surface area contributed by atoms with Crippen LogP contribution >= 0.6 is 24.0 Å². The van der Waals surface area contributed by atoms with Crippen molar-refractivity contribution in [1.29, 1.82) is 0 Å². The van der Waals surface area contributed by atoms with Gasteiger partial charge in [0, 0.05) is 13.1 Å². The van der Waals surface area contributed by atoms with Gasteiger partial charge in [-0.3, -0.25) is 9.59 Å². The number of rotatable bonds is 6. The second-order valence-electron chi connectivity index (χ2n) is 6.55. The van der Waals surface area contributed by atoms with Crippen LogP contribution in [0, 0.1) is 5.92 Å². The Balaban J connectivity index is 1.76. The number of benzene rings is 1. The quantitative estimate of drug-likeness (QED) is 0.570. The Morgan fingerprint density at radius 3 is 2.67 bits per heavy atom. The number of nitrogens with one attached hydrogen (secondary N) is 1. The number of likely N-dealkylation sites (tertiary alicyclic amines) is 1. The number of thiocarbonyl (C=S) groups is 1. The summed E-state index contributed by atoms with van der Waals surface area (Å²) in [5.41, 5.74) is 0.530. The predicted molar refractivity (Wildman–Crippen MR) is 112 cm³/mol. The number of ether oxygens (including phenoxy) is 2. The van der Waals surface area contributed by atoms with E-state index in [0.29, 0.717) is 15.8 Å². The van der Waals surface area contributed by atoms with E-state index in [1.54, 1.807) is 24.3 Å². The normalized spacial score (nSPS) is 15.7. The van der Waals surface area contributed by atoms with Crippen molar-refractivity contribution in [2.45, 2.75) is 32.8 Å². The van der Waals surface area contributed by atoms with Crippen LogP contribution in [0.5, 0.6) is 5.75 Å². The minimum absolute atomic E-state index is 0.0944. The number of esters is 1. The van der Waals surface area contributed by atoms with Crippen molar-refractivity contribution in [3.63, 3.8) is 0 Å². The molecule has 1 N–H and O–H groups in total. The zero-order valence-corrected chi connectivity index (χ0v) is 17.5. The summed E-state index contributed by atoms with van der Waals surface area (Å²) in [5.74, 6) is 0.487. The standard InChI is InChI=1S/C19H26N2O4S2/c1-13-8-10-21(11-9-13)19(26)27-12-17(22)25-14(2)18(23)20-15-6-4-5-7-16(15)24-3/h4-7,13-14H,8-12H2,1-3H3,(H,20,23)/t14-/m1/s1. The average Bonchev–Trinajstić information content (AvgIpc) is 2.67. The molecule has 1 aliphatic rings. The molecule has 6 nitrogen and oxygen atoms in total. The average molecular weight is 411 g/mol. The Morgan fingerprint density at radius 1 is 1.33 bits per heavy atom. The lowest BCUT2D eigenvalue weighted by Gasteiger charge is -2.31. The van der Waals surface area contributed by atoms with Crippen molar-refractivity contribution < 1.29 is 19.1 Å². The number of nitrogens with zero attached hydrogens (tertiary/aromatic N) is 1. The summed E-state index contributed by atoms with van der Waals surface area (Å²) in [5, 5.41) is 2.71. The van der Waals surface area contributed by atoms with E-state index in [0.717, 1.165) is 31.8 Å². The molecule has 27 heavy (non-hydrogen) atoms. The third-order valence-corrected chi connectivity index (χ3v) is 5.89. The molecule has 1 fully saturated rings. The predicted octanol–water partition coefficient (Wildman–Crippen LogP) is 3.32. The number of anilines is 1. The molecule has 8 heteroatoms. The van der Waals surface area contributed by atoms with Crippen LogP contribution in [0.15, 0.2) is 24.3 Å². The molecule has 0 unspecified atom stereocenters. The van der Waals surface area contributed by atoms with E-state index in [1.165, 1.54) is 25.8 Å². The van der Waals surface area contributed by atoms with Gasteiger partial charge >= 0.3 is 5.97 Å². The molecule has 2 rings (SSSR count). The fourth-order valence-electron chi connectivity index (χ4n) is 2.67. The number of hydrogen-bond donors (Lipinski definition) is 1. The smallest absolute Gasteiger partial charge is 0.317 e. The minimum atomic E-state index is -0.910. The highest BCUT2D eigenvalue weighted by Gasteiger charge is 2.22. The number of thioether (sulfide) groups is 1. The molecule has 1 saturated heterocycles. The van der Waals surface area contributed by atoms with Gasteiger partial charge in [0.25, 0.3) is 5.91 Å². The van der Waals surface area contributed by atoms with Crippen LogP contribution in [0.25, 0.3) is 0 Å². The number of para-hydroxylation sites is 2. The topological polar surface area (TPSA) is 67.9 Å². The molecule has 0 saturated carbocycles. The van der Waals surface area contributed by atoms with Gasteiger partial charge in [-0.25, -0.2) is 0 Å². The molecular weight excluding hydrogens is 384 g/mol. The summed E-state index contributed by atoms with van der Waals surface area (Å²) >= 11 is 6.69. The van der Waals surface area contributed by atoms with Crippen LogP contribution < -0.4 is 10.1 Å². The fourth-order valence-corrected chi connectivity index (χ4v) is 3.70. The van der Waals surface area contributed by atoms with Gasteiger partial charge in [-0.2, -0.15) is 0 Å². The number of methoxy groups -OCH3 is 1. The summed E-state index contributed by atoms with van der Waals surface area (Å²) in [6.45, 7) is 5.64. The van der Waals surface area contributed by atoms with E-state index in [2.05, 4.69) is 17.1 Å². The summed E-state index contributed by atoms with van der Waals surface area (Å²) in [6, 6.07) is 7.05. The van der Waals surface area contributed by atoms with Gasteiger partial charge in [0.2, 0.25) is 0 Å². The van der Waals surface area contributed by atoms with Gasteiger partial charge in [-0.05, 0) is 37.8 Å². The summed E-state index contributed by atoms with van der Waals surface area (Å²) in [6.07, 6.45) is 1.32. The molecule has 1 aliphatic heterocycles. The lowest BCUT2D eigenvalue weighted by Crippen LogP contribution is -2.36. The zero-order valence-electron chi connectivity index (χ0n) is 15.9. The summed E-state index contributed by atoms with van der Waals surface area (Å²) < 4.78 is 11.1. The number of carbonyl (C=O) groups excluding carboxylic acids is 2. The van der Waals surface area contributed by atoms with Gasteiger partial charge < -0.3 is 19.7 Å². The Kier molecular flexibility index (Phi) is 8.37. The second kappa shape index (κ2) is 10.5. The van der Waals surface area contributed by atoms with Crippen molar-refractivity contribution >= 4 is 45.9 Å². The Morgan fingerprint density at radius 2 is 2.00 bits per heavy atom. The van der Waals surface area contributed by atoms with E-state index in [1.807, 2.05) is 0 Å². The molecule has 0 radical (unpaired) electrons. The maximum Gasteiger partial charge on any atom is 0.317 e. The maximum atomic E-state index is 12.2. The lowest BCUT2D eigenvalue weighted by atomic mass is 10.00. The van der Waals surface area contributed by atoms with Gasteiger partial charge in [0.15, 0.2) is 6.10 Å². The Labute approximate surface area is 170 Å². The molecule has 1 atom stereocenters. The minimum Gasteiger partial charge on any atom is -0.495 e. The Bertz CT molecular complexity index is 675. The van der Waals surface area contributed by atoms with E-state index in [9.17, 15) is 9.59 Å². The Hall–Kier alpha value is -1.80. The van der Waals surface area contributed by atoms with Crippen LogP contribution in [0.1, 0.15) is 26.7 Å². The highest BCUT2D eigenvalue weighted by atomic mass is 32.2. The second-order valence-corrected chi connectivity index (χ2v) is 8.15.